The number of hydrogen-bond donors (Lipinski definition) is 2. The van der Waals surface area contributed by atoms with Crippen molar-refractivity contribution in [1.82, 2.24) is 0 Å². The van der Waals surface area contributed by atoms with Gasteiger partial charge in [-0.25, -0.2) is 0 Å². The highest BCUT2D eigenvalue weighted by Crippen LogP contribution is 2.10. The predicted octanol–water partition coefficient (Wildman–Crippen LogP) is 3.93. The minimum atomic E-state index is -0.440. The molecule has 0 spiro atoms. The molecule has 112 valence electrons. The van der Waals surface area contributed by atoms with Crippen molar-refractivity contribution >= 4 is 5.78 Å². The van der Waals surface area contributed by atoms with Gasteiger partial charge in [-0.05, 0) is 31.0 Å². The van der Waals surface area contributed by atoms with Gasteiger partial charge >= 0.3 is 0 Å². The molecule has 0 aliphatic carbocycles. The number of aromatic hydroxyl groups is 1. The quantitative estimate of drug-likeness (QED) is 0.874. The lowest BCUT2D eigenvalue weighted by molar-refractivity contribution is -0.118. The van der Waals surface area contributed by atoms with Crippen LogP contribution in [0.15, 0.2) is 24.3 Å². The highest BCUT2D eigenvalue weighted by molar-refractivity contribution is 5.81. The van der Waals surface area contributed by atoms with Gasteiger partial charge in [-0.2, -0.15) is 0 Å². The summed E-state index contributed by atoms with van der Waals surface area (Å²) in [4.78, 5) is 10.8. The Balaban J connectivity index is -0.000000375. The van der Waals surface area contributed by atoms with Gasteiger partial charge < -0.3 is 10.8 Å². The van der Waals surface area contributed by atoms with E-state index in [4.69, 9.17) is 10.8 Å². The maximum absolute atomic E-state index is 10.8. The second kappa shape index (κ2) is 16.6. The Morgan fingerprint density at radius 1 is 1.05 bits per heavy atom. The van der Waals surface area contributed by atoms with Crippen LogP contribution < -0.4 is 5.73 Å². The summed E-state index contributed by atoms with van der Waals surface area (Å²) in [5.74, 6) is 0.202. The fourth-order valence-corrected chi connectivity index (χ4v) is 1.03. The number of hydrogen-bond acceptors (Lipinski definition) is 3. The molecule has 0 heterocycles. The molecule has 0 saturated heterocycles. The summed E-state index contributed by atoms with van der Waals surface area (Å²) in [6.45, 7) is 13.5. The normalized spacial score (nSPS) is 9.47. The summed E-state index contributed by atoms with van der Waals surface area (Å²) < 4.78 is 0. The Labute approximate surface area is 118 Å². The molecule has 1 rings (SSSR count). The van der Waals surface area contributed by atoms with Gasteiger partial charge in [-0.1, -0.05) is 53.7 Å². The number of carbonyl (C=O) groups excluding carboxylic acids is 1. The molecule has 1 aromatic rings. The van der Waals surface area contributed by atoms with Gasteiger partial charge in [-0.3, -0.25) is 4.79 Å². The van der Waals surface area contributed by atoms with Gasteiger partial charge in [0.25, 0.3) is 0 Å². The van der Waals surface area contributed by atoms with E-state index in [0.717, 1.165) is 5.56 Å². The van der Waals surface area contributed by atoms with Crippen LogP contribution in [-0.2, 0) is 11.2 Å². The van der Waals surface area contributed by atoms with Crippen molar-refractivity contribution in [2.24, 2.45) is 5.73 Å². The first-order valence-corrected chi connectivity index (χ1v) is 7.13. The van der Waals surface area contributed by atoms with Crippen molar-refractivity contribution in [2.45, 2.75) is 60.9 Å². The lowest BCUT2D eigenvalue weighted by Gasteiger charge is -2.07. The molecule has 3 nitrogen and oxygen atoms in total. The maximum Gasteiger partial charge on any atom is 0.146 e. The zero-order valence-electron chi connectivity index (χ0n) is 13.5. The number of rotatable bonds is 3. The van der Waals surface area contributed by atoms with Crippen molar-refractivity contribution in [3.05, 3.63) is 29.8 Å². The van der Waals surface area contributed by atoms with Gasteiger partial charge in [0.1, 0.15) is 11.5 Å². The van der Waals surface area contributed by atoms with Crippen molar-refractivity contribution in [2.75, 3.05) is 0 Å². The summed E-state index contributed by atoms with van der Waals surface area (Å²) in [5, 5.41) is 9.00. The van der Waals surface area contributed by atoms with Crippen molar-refractivity contribution in [3.8, 4) is 5.75 Å². The minimum Gasteiger partial charge on any atom is -0.508 e. The highest BCUT2D eigenvalue weighted by atomic mass is 16.3. The van der Waals surface area contributed by atoms with Crippen LogP contribution in [0.1, 0.15) is 54.0 Å². The lowest BCUT2D eigenvalue weighted by atomic mass is 10.0. The second-order valence-electron chi connectivity index (χ2n) is 3.09. The van der Waals surface area contributed by atoms with E-state index in [0.29, 0.717) is 6.42 Å². The van der Waals surface area contributed by atoms with E-state index in [2.05, 4.69) is 0 Å². The Morgan fingerprint density at radius 2 is 1.42 bits per heavy atom. The van der Waals surface area contributed by atoms with Crippen LogP contribution in [0.5, 0.6) is 5.75 Å². The smallest absolute Gasteiger partial charge is 0.146 e. The molecule has 0 bridgehead atoms. The average molecular weight is 269 g/mol. The van der Waals surface area contributed by atoms with Crippen molar-refractivity contribution in [1.29, 1.82) is 0 Å². The fraction of sp³-hybridized carbons (Fsp3) is 0.562. The number of carbonyl (C=O) groups is 1. The van der Waals surface area contributed by atoms with Crippen LogP contribution in [0.4, 0.5) is 0 Å². The van der Waals surface area contributed by atoms with Crippen LogP contribution in [0.25, 0.3) is 0 Å². The third-order valence-electron chi connectivity index (χ3n) is 1.91. The summed E-state index contributed by atoms with van der Waals surface area (Å²) in [6.07, 6.45) is 0.523. The summed E-state index contributed by atoms with van der Waals surface area (Å²) in [7, 11) is 0. The largest absolute Gasteiger partial charge is 0.508 e. The van der Waals surface area contributed by atoms with Crippen LogP contribution in [-0.4, -0.2) is 16.9 Å². The van der Waals surface area contributed by atoms with Crippen LogP contribution in [0.3, 0.4) is 0 Å². The topological polar surface area (TPSA) is 63.3 Å². The monoisotopic (exact) mass is 269 g/mol. The second-order valence-corrected chi connectivity index (χ2v) is 3.09. The van der Waals surface area contributed by atoms with E-state index >= 15 is 0 Å². The predicted molar refractivity (Wildman–Crippen MR) is 84.5 cm³/mol. The molecule has 0 radical (unpaired) electrons. The third-order valence-corrected chi connectivity index (χ3v) is 1.91. The standard InChI is InChI=1S/C10H13NO2.3C2H6/c1-7(12)10(11)6-8-2-4-9(13)5-3-8;3*1-2/h2-5,10,13H,6,11H2,1H3;3*1-2H3. The highest BCUT2D eigenvalue weighted by Gasteiger charge is 2.08. The summed E-state index contributed by atoms with van der Waals surface area (Å²) in [5.41, 5.74) is 6.53. The first kappa shape index (κ1) is 22.8. The van der Waals surface area contributed by atoms with Crippen LogP contribution in [0.2, 0.25) is 0 Å². The molecule has 0 fully saturated rings. The molecule has 0 aromatic heterocycles. The Kier molecular flexibility index (Phi) is 20.0. The van der Waals surface area contributed by atoms with E-state index in [9.17, 15) is 4.79 Å². The summed E-state index contributed by atoms with van der Waals surface area (Å²) >= 11 is 0. The molecule has 19 heavy (non-hydrogen) atoms. The Bertz CT molecular complexity index is 294. The number of Topliss-reactive ketones (excluding diaryl/α,β-unsaturated/α-hetero) is 1. The molecule has 3 heteroatoms. The minimum absolute atomic E-state index is 0.0203. The van der Waals surface area contributed by atoms with Gasteiger partial charge in [0.15, 0.2) is 0 Å². The molecule has 0 amide bonds. The third kappa shape index (κ3) is 12.9. The summed E-state index contributed by atoms with van der Waals surface area (Å²) in [6, 6.07) is 6.25. The molecular weight excluding hydrogens is 238 g/mol. The number of ketones is 1. The molecule has 1 aromatic carbocycles. The number of benzene rings is 1. The van der Waals surface area contributed by atoms with Gasteiger partial charge in [0, 0.05) is 0 Å². The first-order valence-electron chi connectivity index (χ1n) is 7.13. The zero-order valence-corrected chi connectivity index (χ0v) is 13.5. The van der Waals surface area contributed by atoms with E-state index in [-0.39, 0.29) is 11.5 Å². The molecule has 3 N–H and O–H groups in total. The molecule has 1 unspecified atom stereocenters. The fourth-order valence-electron chi connectivity index (χ4n) is 1.03. The van der Waals surface area contributed by atoms with Crippen LogP contribution >= 0.6 is 0 Å². The van der Waals surface area contributed by atoms with Crippen LogP contribution in [0, 0.1) is 0 Å². The van der Waals surface area contributed by atoms with E-state index in [1.807, 2.05) is 41.5 Å². The van der Waals surface area contributed by atoms with Gasteiger partial charge in [-0.15, -0.1) is 0 Å². The zero-order chi connectivity index (χ0) is 15.8. The van der Waals surface area contributed by atoms with E-state index < -0.39 is 6.04 Å². The average Bonchev–Trinajstić information content (AvgIpc) is 2.47. The SMILES string of the molecule is CC.CC.CC.CC(=O)C(N)Cc1ccc(O)cc1. The molecule has 0 saturated carbocycles. The first-order chi connectivity index (χ1) is 9.09. The number of phenolic OH excluding ortho intramolecular Hbond substituents is 1. The number of phenols is 1. The number of nitrogens with two attached hydrogens (primary N) is 1. The lowest BCUT2D eigenvalue weighted by Crippen LogP contribution is -2.30. The molecular formula is C16H31NO2. The van der Waals surface area contributed by atoms with E-state index in [1.165, 1.54) is 6.92 Å². The van der Waals surface area contributed by atoms with Crippen molar-refractivity contribution < 1.29 is 9.90 Å². The van der Waals surface area contributed by atoms with Gasteiger partial charge in [0.05, 0.1) is 6.04 Å². The molecule has 1 atom stereocenters. The van der Waals surface area contributed by atoms with Gasteiger partial charge in [0.2, 0.25) is 0 Å². The maximum atomic E-state index is 10.8. The van der Waals surface area contributed by atoms with E-state index in [1.54, 1.807) is 24.3 Å². The molecule has 0 aliphatic heterocycles. The Hall–Kier alpha value is -1.35. The van der Waals surface area contributed by atoms with Crippen molar-refractivity contribution in [3.63, 3.8) is 0 Å². The molecule has 0 aliphatic rings. The Morgan fingerprint density at radius 3 is 1.74 bits per heavy atom.